The van der Waals surface area contributed by atoms with Crippen molar-refractivity contribution in [1.82, 2.24) is 0 Å². The van der Waals surface area contributed by atoms with Crippen molar-refractivity contribution in [2.24, 2.45) is 11.3 Å². The molecule has 0 saturated carbocycles. The van der Waals surface area contributed by atoms with Crippen LogP contribution in [0.25, 0.3) is 0 Å². The Bertz CT molecular complexity index is 105. The third-order valence-corrected chi connectivity index (χ3v) is 2.41. The minimum Gasteiger partial charge on any atom is -0.428 e. The molecule has 0 heterocycles. The van der Waals surface area contributed by atoms with Gasteiger partial charge in [0.05, 0.1) is 0 Å². The van der Waals surface area contributed by atoms with E-state index in [1.165, 1.54) is 5.92 Å². The van der Waals surface area contributed by atoms with Crippen LogP contribution in [0, 0.1) is 17.3 Å². The topological polar surface area (TPSA) is 9.23 Å². The average molecular weight is 173 g/mol. The summed E-state index contributed by atoms with van der Waals surface area (Å²) in [5.41, 5.74) is 0.350. The normalized spacial score (nSPS) is 15.8. The van der Waals surface area contributed by atoms with Gasteiger partial charge < -0.3 is 4.43 Å². The molecular formula is C9H21OSi. The van der Waals surface area contributed by atoms with Gasteiger partial charge in [0.1, 0.15) is 10.5 Å². The first kappa shape index (κ1) is 11.2. The summed E-state index contributed by atoms with van der Waals surface area (Å²) in [7, 11) is 0.853. The van der Waals surface area contributed by atoms with E-state index in [1.807, 2.05) is 0 Å². The van der Waals surface area contributed by atoms with E-state index in [0.29, 0.717) is 11.3 Å². The molecule has 2 heteroatoms. The minimum absolute atomic E-state index is 0.350. The summed E-state index contributed by atoms with van der Waals surface area (Å²) in [6, 6.07) is 0. The molecule has 0 aromatic heterocycles. The first-order valence-electron chi connectivity index (χ1n) is 4.18. The van der Waals surface area contributed by atoms with Crippen molar-refractivity contribution >= 4 is 10.5 Å². The van der Waals surface area contributed by atoms with Gasteiger partial charge in [0.25, 0.3) is 0 Å². The summed E-state index contributed by atoms with van der Waals surface area (Å²) in [6.45, 7) is 12.1. The second kappa shape index (κ2) is 4.26. The van der Waals surface area contributed by atoms with Gasteiger partial charge in [0.15, 0.2) is 0 Å². The monoisotopic (exact) mass is 173 g/mol. The summed E-state index contributed by atoms with van der Waals surface area (Å²) in [6.07, 6.45) is 0. The van der Waals surface area contributed by atoms with Crippen molar-refractivity contribution < 1.29 is 4.43 Å². The lowest BCUT2D eigenvalue weighted by atomic mass is 9.75. The number of rotatable bonds is 3. The molecule has 1 radical (unpaired) electrons. The fraction of sp³-hybridized carbons (Fsp3) is 0.889. The van der Waals surface area contributed by atoms with E-state index in [2.05, 4.69) is 34.6 Å². The second-order valence-electron chi connectivity index (χ2n) is 4.45. The fourth-order valence-electron chi connectivity index (χ4n) is 1.45. The lowest BCUT2D eigenvalue weighted by Crippen LogP contribution is -2.28. The van der Waals surface area contributed by atoms with Gasteiger partial charge in [-0.25, -0.2) is 0 Å². The zero-order chi connectivity index (χ0) is 9.07. The van der Waals surface area contributed by atoms with Gasteiger partial charge in [-0.15, -0.1) is 0 Å². The molecule has 0 saturated heterocycles. The first-order valence-corrected chi connectivity index (χ1v) is 5.00. The van der Waals surface area contributed by atoms with E-state index in [1.54, 1.807) is 0 Å². The van der Waals surface area contributed by atoms with E-state index < -0.39 is 0 Å². The Labute approximate surface area is 74.1 Å². The summed E-state index contributed by atoms with van der Waals surface area (Å²) in [5.74, 6) is 2.09. The van der Waals surface area contributed by atoms with Crippen molar-refractivity contribution in [2.45, 2.75) is 34.6 Å². The number of hydrogen-bond acceptors (Lipinski definition) is 1. The minimum atomic E-state index is 0.350. The molecule has 0 aliphatic carbocycles. The second-order valence-corrected chi connectivity index (χ2v) is 5.03. The van der Waals surface area contributed by atoms with Crippen LogP contribution in [0.4, 0.5) is 0 Å². The van der Waals surface area contributed by atoms with Gasteiger partial charge in [-0.2, -0.15) is 0 Å². The fourth-order valence-corrected chi connectivity index (χ4v) is 1.78. The van der Waals surface area contributed by atoms with Crippen molar-refractivity contribution in [3.8, 4) is 0 Å². The molecule has 0 spiro atoms. The smallest absolute Gasteiger partial charge is 0.145 e. The summed E-state index contributed by atoms with van der Waals surface area (Å²) >= 11 is 0. The molecule has 0 N–H and O–H groups in total. The molecule has 0 aliphatic rings. The van der Waals surface area contributed by atoms with Crippen LogP contribution in [0.15, 0.2) is 0 Å². The van der Waals surface area contributed by atoms with Crippen LogP contribution in [0.5, 0.6) is 0 Å². The lowest BCUT2D eigenvalue weighted by Gasteiger charge is -2.33. The van der Waals surface area contributed by atoms with Gasteiger partial charge in [-0.05, 0) is 17.3 Å². The van der Waals surface area contributed by atoms with Crippen LogP contribution in [0.2, 0.25) is 0 Å². The molecule has 0 fully saturated rings. The molecule has 0 aliphatic heterocycles. The molecule has 0 aromatic rings. The summed E-state index contributed by atoms with van der Waals surface area (Å²) in [4.78, 5) is 0. The van der Waals surface area contributed by atoms with Crippen LogP contribution >= 0.6 is 0 Å². The highest BCUT2D eigenvalue weighted by Gasteiger charge is 2.27. The highest BCUT2D eigenvalue weighted by Crippen LogP contribution is 2.32. The van der Waals surface area contributed by atoms with Gasteiger partial charge in [0, 0.05) is 6.61 Å². The molecule has 67 valence electrons. The quantitative estimate of drug-likeness (QED) is 0.589. The largest absolute Gasteiger partial charge is 0.428 e. The standard InChI is InChI=1S/C9H21OSi/c1-7(2)8(6-10-11)9(3,4)5/h8H,6H2,1-5,11H3. The third kappa shape index (κ3) is 3.92. The Balaban J connectivity index is 4.10. The van der Waals surface area contributed by atoms with E-state index in [0.717, 1.165) is 17.1 Å². The van der Waals surface area contributed by atoms with Crippen LogP contribution < -0.4 is 0 Å². The third-order valence-electron chi connectivity index (χ3n) is 2.08. The van der Waals surface area contributed by atoms with Gasteiger partial charge in [-0.3, -0.25) is 0 Å². The Morgan fingerprint density at radius 2 is 1.82 bits per heavy atom. The van der Waals surface area contributed by atoms with Crippen LogP contribution in [0.3, 0.4) is 0 Å². The highest BCUT2D eigenvalue weighted by atomic mass is 28.2. The zero-order valence-corrected chi connectivity index (χ0v) is 10.7. The number of hydrogen-bond donors (Lipinski definition) is 0. The Morgan fingerprint density at radius 3 is 1.91 bits per heavy atom. The maximum Gasteiger partial charge on any atom is 0.145 e. The zero-order valence-electron chi connectivity index (χ0n) is 8.69. The van der Waals surface area contributed by atoms with E-state index in [4.69, 9.17) is 4.43 Å². The molecule has 1 atom stereocenters. The maximum atomic E-state index is 5.31. The molecule has 0 bridgehead atoms. The first-order chi connectivity index (χ1) is 4.89. The summed E-state index contributed by atoms with van der Waals surface area (Å²) in [5, 5.41) is 0. The van der Waals surface area contributed by atoms with E-state index >= 15 is 0 Å². The lowest BCUT2D eigenvalue weighted by molar-refractivity contribution is 0.165. The van der Waals surface area contributed by atoms with Crippen molar-refractivity contribution in [3.63, 3.8) is 0 Å². The predicted molar refractivity (Wildman–Crippen MR) is 53.4 cm³/mol. The summed E-state index contributed by atoms with van der Waals surface area (Å²) < 4.78 is 5.31. The van der Waals surface area contributed by atoms with Crippen molar-refractivity contribution in [1.29, 1.82) is 0 Å². The Kier molecular flexibility index (Phi) is 4.33. The van der Waals surface area contributed by atoms with Crippen LogP contribution in [-0.4, -0.2) is 17.1 Å². The SMILES string of the molecule is C[C](C)C(CO[SiH3])C(C)(C)C. The van der Waals surface area contributed by atoms with Crippen LogP contribution in [-0.2, 0) is 4.43 Å². The average Bonchev–Trinajstić information content (AvgIpc) is 1.79. The molecule has 1 unspecified atom stereocenters. The Hall–Kier alpha value is 0.177. The van der Waals surface area contributed by atoms with Crippen molar-refractivity contribution in [2.75, 3.05) is 6.61 Å². The van der Waals surface area contributed by atoms with Gasteiger partial charge in [-0.1, -0.05) is 34.6 Å². The highest BCUT2D eigenvalue weighted by molar-refractivity contribution is 5.97. The van der Waals surface area contributed by atoms with Gasteiger partial charge in [0.2, 0.25) is 0 Å². The molecule has 0 rings (SSSR count). The molecule has 0 amide bonds. The van der Waals surface area contributed by atoms with Crippen LogP contribution in [0.1, 0.15) is 34.6 Å². The van der Waals surface area contributed by atoms with E-state index in [-0.39, 0.29) is 0 Å². The van der Waals surface area contributed by atoms with E-state index in [9.17, 15) is 0 Å². The maximum absolute atomic E-state index is 5.31. The van der Waals surface area contributed by atoms with Crippen molar-refractivity contribution in [3.05, 3.63) is 5.92 Å². The predicted octanol–water partition coefficient (Wildman–Crippen LogP) is 1.56. The molecular weight excluding hydrogens is 152 g/mol. The molecule has 1 nitrogen and oxygen atoms in total. The Morgan fingerprint density at radius 1 is 1.36 bits per heavy atom. The molecule has 11 heavy (non-hydrogen) atoms. The van der Waals surface area contributed by atoms with Gasteiger partial charge >= 0.3 is 0 Å². The molecule has 0 aromatic carbocycles.